The molecular formula is C11H15F3N2. The quantitative estimate of drug-likeness (QED) is 0.812. The number of rotatable bonds is 3. The lowest BCUT2D eigenvalue weighted by Gasteiger charge is -2.24. The fraction of sp³-hybridized carbons (Fsp3) is 0.455. The highest BCUT2D eigenvalue weighted by Crippen LogP contribution is 2.24. The second kappa shape index (κ2) is 4.63. The molecule has 0 aliphatic heterocycles. The Labute approximate surface area is 92.9 Å². The van der Waals surface area contributed by atoms with Gasteiger partial charge in [0.1, 0.15) is 6.54 Å². The van der Waals surface area contributed by atoms with Gasteiger partial charge in [0.25, 0.3) is 0 Å². The smallest absolute Gasteiger partial charge is 0.399 e. The summed E-state index contributed by atoms with van der Waals surface area (Å²) in [5, 5.41) is 0. The maximum absolute atomic E-state index is 12.3. The molecule has 0 fully saturated rings. The van der Waals surface area contributed by atoms with Gasteiger partial charge in [0.15, 0.2) is 0 Å². The average Bonchev–Trinajstić information content (AvgIpc) is 2.17. The molecule has 0 heterocycles. The predicted molar refractivity (Wildman–Crippen MR) is 59.5 cm³/mol. The SMILES string of the molecule is CCN(CC(F)(F)F)c1ccc(N)c(C)c1. The number of nitrogens with zero attached hydrogens (tertiary/aromatic N) is 1. The van der Waals surface area contributed by atoms with Crippen LogP contribution in [-0.2, 0) is 0 Å². The van der Waals surface area contributed by atoms with E-state index in [1.165, 1.54) is 4.90 Å². The van der Waals surface area contributed by atoms with Gasteiger partial charge in [-0.3, -0.25) is 0 Å². The van der Waals surface area contributed by atoms with Gasteiger partial charge in [0.05, 0.1) is 0 Å². The van der Waals surface area contributed by atoms with E-state index in [1.54, 1.807) is 32.0 Å². The standard InChI is InChI=1S/C11H15F3N2/c1-3-16(7-11(12,13)14)9-4-5-10(15)8(2)6-9/h4-6H,3,7,15H2,1-2H3. The van der Waals surface area contributed by atoms with E-state index in [0.717, 1.165) is 5.56 Å². The van der Waals surface area contributed by atoms with Gasteiger partial charge in [-0.1, -0.05) is 0 Å². The minimum atomic E-state index is -4.19. The summed E-state index contributed by atoms with van der Waals surface area (Å²) in [6.07, 6.45) is -4.19. The maximum atomic E-state index is 12.3. The summed E-state index contributed by atoms with van der Waals surface area (Å²) in [6, 6.07) is 4.91. The van der Waals surface area contributed by atoms with Crippen molar-refractivity contribution in [3.63, 3.8) is 0 Å². The first-order valence-electron chi connectivity index (χ1n) is 5.01. The highest BCUT2D eigenvalue weighted by molar-refractivity contribution is 5.58. The van der Waals surface area contributed by atoms with Crippen LogP contribution in [0.4, 0.5) is 24.5 Å². The molecule has 5 heteroatoms. The van der Waals surface area contributed by atoms with Crippen LogP contribution in [0.5, 0.6) is 0 Å². The lowest BCUT2D eigenvalue weighted by atomic mass is 10.1. The van der Waals surface area contributed by atoms with E-state index in [1.807, 2.05) is 0 Å². The number of hydrogen-bond donors (Lipinski definition) is 1. The van der Waals surface area contributed by atoms with Crippen LogP contribution in [0.2, 0.25) is 0 Å². The molecule has 0 bridgehead atoms. The van der Waals surface area contributed by atoms with Gasteiger partial charge in [0.2, 0.25) is 0 Å². The molecule has 16 heavy (non-hydrogen) atoms. The first-order chi connectivity index (χ1) is 7.33. The number of nitrogen functional groups attached to an aromatic ring is 1. The molecule has 1 rings (SSSR count). The molecule has 2 N–H and O–H groups in total. The van der Waals surface area contributed by atoms with Gasteiger partial charge in [-0.2, -0.15) is 13.2 Å². The molecule has 0 aromatic heterocycles. The number of hydrogen-bond acceptors (Lipinski definition) is 2. The van der Waals surface area contributed by atoms with Gasteiger partial charge in [-0.05, 0) is 37.6 Å². The second-order valence-corrected chi connectivity index (χ2v) is 3.67. The summed E-state index contributed by atoms with van der Waals surface area (Å²) >= 11 is 0. The Kier molecular flexibility index (Phi) is 3.67. The van der Waals surface area contributed by atoms with Gasteiger partial charge < -0.3 is 10.6 Å². The number of nitrogens with two attached hydrogens (primary N) is 1. The molecule has 0 atom stereocenters. The summed E-state index contributed by atoms with van der Waals surface area (Å²) in [5.41, 5.74) is 7.54. The van der Waals surface area contributed by atoms with Crippen LogP contribution in [0.15, 0.2) is 18.2 Å². The molecule has 1 aromatic carbocycles. The molecule has 2 nitrogen and oxygen atoms in total. The molecule has 0 aliphatic rings. The number of benzene rings is 1. The van der Waals surface area contributed by atoms with E-state index >= 15 is 0 Å². The third-order valence-corrected chi connectivity index (χ3v) is 2.37. The zero-order valence-electron chi connectivity index (χ0n) is 9.30. The van der Waals surface area contributed by atoms with Crippen molar-refractivity contribution in [3.05, 3.63) is 23.8 Å². The molecule has 0 radical (unpaired) electrons. The van der Waals surface area contributed by atoms with Crippen molar-refractivity contribution in [1.82, 2.24) is 0 Å². The van der Waals surface area contributed by atoms with Gasteiger partial charge in [-0.25, -0.2) is 0 Å². The number of aryl methyl sites for hydroxylation is 1. The fourth-order valence-corrected chi connectivity index (χ4v) is 1.46. The summed E-state index contributed by atoms with van der Waals surface area (Å²) < 4.78 is 36.9. The average molecular weight is 232 g/mol. The van der Waals surface area contributed by atoms with Crippen molar-refractivity contribution >= 4 is 11.4 Å². The number of anilines is 2. The largest absolute Gasteiger partial charge is 0.405 e. The topological polar surface area (TPSA) is 29.3 Å². The van der Waals surface area contributed by atoms with E-state index in [2.05, 4.69) is 0 Å². The van der Waals surface area contributed by atoms with E-state index in [4.69, 9.17) is 5.73 Å². The maximum Gasteiger partial charge on any atom is 0.405 e. The number of alkyl halides is 3. The normalized spacial score (nSPS) is 11.6. The molecule has 0 saturated carbocycles. The molecule has 0 spiro atoms. The lowest BCUT2D eigenvalue weighted by Crippen LogP contribution is -2.34. The first kappa shape index (κ1) is 12.7. The van der Waals surface area contributed by atoms with Crippen LogP contribution in [0.3, 0.4) is 0 Å². The Morgan fingerprint density at radius 1 is 1.31 bits per heavy atom. The van der Waals surface area contributed by atoms with E-state index in [0.29, 0.717) is 17.9 Å². The third-order valence-electron chi connectivity index (χ3n) is 2.37. The molecule has 0 aliphatic carbocycles. The monoisotopic (exact) mass is 232 g/mol. The van der Waals surface area contributed by atoms with Crippen LogP contribution < -0.4 is 10.6 Å². The molecule has 90 valence electrons. The summed E-state index contributed by atoms with van der Waals surface area (Å²) in [6.45, 7) is 2.84. The summed E-state index contributed by atoms with van der Waals surface area (Å²) in [7, 11) is 0. The van der Waals surface area contributed by atoms with Crippen molar-refractivity contribution in [3.8, 4) is 0 Å². The van der Waals surface area contributed by atoms with E-state index < -0.39 is 12.7 Å². The van der Waals surface area contributed by atoms with Crippen LogP contribution >= 0.6 is 0 Å². The second-order valence-electron chi connectivity index (χ2n) is 3.67. The van der Waals surface area contributed by atoms with Gasteiger partial charge in [-0.15, -0.1) is 0 Å². The molecule has 0 saturated heterocycles. The minimum absolute atomic E-state index is 0.308. The Balaban J connectivity index is 2.91. The Hall–Kier alpha value is -1.39. The van der Waals surface area contributed by atoms with Crippen molar-refractivity contribution in [2.24, 2.45) is 0 Å². The Morgan fingerprint density at radius 3 is 2.38 bits per heavy atom. The highest BCUT2D eigenvalue weighted by atomic mass is 19.4. The third kappa shape index (κ3) is 3.32. The van der Waals surface area contributed by atoms with E-state index in [9.17, 15) is 13.2 Å². The predicted octanol–water partition coefficient (Wildman–Crippen LogP) is 2.97. The molecule has 0 unspecified atom stereocenters. The summed E-state index contributed by atoms with van der Waals surface area (Å²) in [5.74, 6) is 0. The molecule has 0 amide bonds. The number of halogens is 3. The summed E-state index contributed by atoms with van der Waals surface area (Å²) in [4.78, 5) is 1.27. The van der Waals surface area contributed by atoms with E-state index in [-0.39, 0.29) is 0 Å². The van der Waals surface area contributed by atoms with Crippen LogP contribution in [0, 0.1) is 6.92 Å². The Morgan fingerprint density at radius 2 is 1.94 bits per heavy atom. The fourth-order valence-electron chi connectivity index (χ4n) is 1.46. The van der Waals surface area contributed by atoms with Crippen molar-refractivity contribution in [2.45, 2.75) is 20.0 Å². The zero-order chi connectivity index (χ0) is 12.3. The van der Waals surface area contributed by atoms with Crippen LogP contribution in [0.1, 0.15) is 12.5 Å². The van der Waals surface area contributed by atoms with Gasteiger partial charge in [0, 0.05) is 17.9 Å². The Bertz CT molecular complexity index is 361. The lowest BCUT2D eigenvalue weighted by molar-refractivity contribution is -0.119. The van der Waals surface area contributed by atoms with Crippen LogP contribution in [-0.4, -0.2) is 19.3 Å². The van der Waals surface area contributed by atoms with Crippen LogP contribution in [0.25, 0.3) is 0 Å². The van der Waals surface area contributed by atoms with Crippen molar-refractivity contribution < 1.29 is 13.2 Å². The highest BCUT2D eigenvalue weighted by Gasteiger charge is 2.30. The molecule has 1 aromatic rings. The minimum Gasteiger partial charge on any atom is -0.399 e. The van der Waals surface area contributed by atoms with Crippen molar-refractivity contribution in [2.75, 3.05) is 23.7 Å². The first-order valence-corrected chi connectivity index (χ1v) is 5.01. The van der Waals surface area contributed by atoms with Gasteiger partial charge >= 0.3 is 6.18 Å². The van der Waals surface area contributed by atoms with Crippen molar-refractivity contribution in [1.29, 1.82) is 0 Å². The zero-order valence-corrected chi connectivity index (χ0v) is 9.30. The molecular weight excluding hydrogens is 217 g/mol.